The van der Waals surface area contributed by atoms with E-state index in [2.05, 4.69) is 30.3 Å². The fraction of sp³-hybridized carbons (Fsp3) is 0.143. The number of ether oxygens (including phenoxy) is 2. The van der Waals surface area contributed by atoms with E-state index in [1.165, 1.54) is 10.6 Å². The molecule has 2 rings (SSSR count). The summed E-state index contributed by atoms with van der Waals surface area (Å²) in [4.78, 5) is 0. The summed E-state index contributed by atoms with van der Waals surface area (Å²) >= 11 is 0. The van der Waals surface area contributed by atoms with E-state index in [1.807, 2.05) is 24.3 Å². The minimum Gasteiger partial charge on any atom is -0.467 e. The Morgan fingerprint density at radius 1 is 0.941 bits per heavy atom. The summed E-state index contributed by atoms with van der Waals surface area (Å²) in [6.07, 6.45) is 0. The van der Waals surface area contributed by atoms with Gasteiger partial charge >= 0.3 is 0 Å². The van der Waals surface area contributed by atoms with Gasteiger partial charge in [-0.15, -0.1) is 0 Å². The molecule has 88 valence electrons. The molecule has 0 aliphatic carbocycles. The summed E-state index contributed by atoms with van der Waals surface area (Å²) in [5, 5.41) is 2.51. The van der Waals surface area contributed by atoms with Gasteiger partial charge in [-0.1, -0.05) is 57.1 Å². The molecule has 0 saturated carbocycles. The van der Waals surface area contributed by atoms with Crippen LogP contribution in [0, 0.1) is 0 Å². The van der Waals surface area contributed by atoms with Crippen molar-refractivity contribution in [2.24, 2.45) is 0 Å². The topological polar surface area (TPSA) is 18.5 Å². The van der Waals surface area contributed by atoms with Gasteiger partial charge in [0.1, 0.15) is 5.75 Å². The molecule has 0 aliphatic rings. The van der Waals surface area contributed by atoms with Crippen LogP contribution in [0.2, 0.25) is 0 Å². The van der Waals surface area contributed by atoms with Crippen LogP contribution in [0.3, 0.4) is 0 Å². The molecule has 17 heavy (non-hydrogen) atoms. The molecule has 0 aliphatic heterocycles. The van der Waals surface area contributed by atoms with Gasteiger partial charge in [0.25, 0.3) is 0 Å². The highest BCUT2D eigenvalue weighted by molar-refractivity contribution is 7.55. The van der Waals surface area contributed by atoms with Crippen molar-refractivity contribution in [3.63, 3.8) is 0 Å². The van der Waals surface area contributed by atoms with Crippen molar-refractivity contribution >= 4 is 19.2 Å². The maximum absolute atomic E-state index is 5.54. The van der Waals surface area contributed by atoms with Crippen LogP contribution in [0.15, 0.2) is 54.6 Å². The van der Waals surface area contributed by atoms with Gasteiger partial charge in [0.2, 0.25) is 0 Å². The monoisotopic (exact) mass is 246 g/mol. The summed E-state index contributed by atoms with van der Waals surface area (Å²) in [5.41, 5.74) is 0. The minimum atomic E-state index is 0.288. The van der Waals surface area contributed by atoms with E-state index in [-0.39, 0.29) is 6.79 Å². The van der Waals surface area contributed by atoms with Crippen molar-refractivity contribution < 1.29 is 9.47 Å². The van der Waals surface area contributed by atoms with Crippen LogP contribution in [-0.4, -0.2) is 13.9 Å². The van der Waals surface area contributed by atoms with E-state index in [1.54, 1.807) is 7.11 Å². The first kappa shape index (κ1) is 12.1. The first-order chi connectivity index (χ1) is 8.40. The molecule has 2 nitrogen and oxygen atoms in total. The molecule has 0 heterocycles. The Balaban J connectivity index is 2.15. The molecule has 2 aromatic rings. The quantitative estimate of drug-likeness (QED) is 0.595. The van der Waals surface area contributed by atoms with Gasteiger partial charge in [0.15, 0.2) is 6.79 Å². The Morgan fingerprint density at radius 3 is 2.41 bits per heavy atom. The minimum absolute atomic E-state index is 0.288. The summed E-state index contributed by atoms with van der Waals surface area (Å²) in [7, 11) is 2.23. The van der Waals surface area contributed by atoms with Gasteiger partial charge in [-0.3, -0.25) is 0 Å². The van der Waals surface area contributed by atoms with Crippen LogP contribution in [0.1, 0.15) is 0 Å². The van der Waals surface area contributed by atoms with Gasteiger partial charge in [0, 0.05) is 12.4 Å². The zero-order valence-corrected chi connectivity index (χ0v) is 10.7. The predicted octanol–water partition coefficient (Wildman–Crippen LogP) is 2.30. The Hall–Kier alpha value is -1.37. The zero-order chi connectivity index (χ0) is 11.9. The molecular weight excluding hydrogens is 231 g/mol. The number of hydrogen-bond donors (Lipinski definition) is 0. The molecule has 0 bridgehead atoms. The molecule has 0 amide bonds. The van der Waals surface area contributed by atoms with Gasteiger partial charge in [0.05, 0.1) is 0 Å². The van der Waals surface area contributed by atoms with Crippen LogP contribution in [0.25, 0.3) is 0 Å². The van der Waals surface area contributed by atoms with Crippen molar-refractivity contribution in [2.45, 2.75) is 0 Å². The number of rotatable bonds is 5. The summed E-state index contributed by atoms with van der Waals surface area (Å²) in [6, 6.07) is 18.5. The third-order valence-corrected chi connectivity index (χ3v) is 3.58. The molecule has 0 saturated heterocycles. The number of hydrogen-bond acceptors (Lipinski definition) is 2. The highest BCUT2D eigenvalue weighted by atomic mass is 31.1. The first-order valence-corrected chi connectivity index (χ1v) is 6.43. The lowest BCUT2D eigenvalue weighted by molar-refractivity contribution is 0.0519. The van der Waals surface area contributed by atoms with Gasteiger partial charge in [-0.2, -0.15) is 0 Å². The van der Waals surface area contributed by atoms with Crippen molar-refractivity contribution in [1.82, 2.24) is 0 Å². The third-order valence-electron chi connectivity index (χ3n) is 2.27. The SMILES string of the molecule is COCOc1ccccc1Pc1ccccc1. The Morgan fingerprint density at radius 2 is 1.65 bits per heavy atom. The van der Waals surface area contributed by atoms with Gasteiger partial charge in [-0.25, -0.2) is 0 Å². The molecule has 1 atom stereocenters. The molecule has 0 spiro atoms. The first-order valence-electron chi connectivity index (χ1n) is 5.43. The second-order valence-corrected chi connectivity index (χ2v) is 4.90. The fourth-order valence-corrected chi connectivity index (χ4v) is 2.62. The van der Waals surface area contributed by atoms with Crippen LogP contribution in [0.5, 0.6) is 5.75 Å². The largest absolute Gasteiger partial charge is 0.467 e. The van der Waals surface area contributed by atoms with Crippen LogP contribution in [0.4, 0.5) is 0 Å². The van der Waals surface area contributed by atoms with E-state index in [0.29, 0.717) is 8.58 Å². The second kappa shape index (κ2) is 6.39. The fourth-order valence-electron chi connectivity index (χ4n) is 1.50. The van der Waals surface area contributed by atoms with E-state index in [4.69, 9.17) is 9.47 Å². The second-order valence-electron chi connectivity index (χ2n) is 3.54. The highest BCUT2D eigenvalue weighted by Crippen LogP contribution is 2.18. The number of para-hydroxylation sites is 1. The Kier molecular flexibility index (Phi) is 4.54. The lowest BCUT2D eigenvalue weighted by Crippen LogP contribution is -2.09. The number of benzene rings is 2. The maximum Gasteiger partial charge on any atom is 0.188 e. The van der Waals surface area contributed by atoms with Crippen LogP contribution >= 0.6 is 8.58 Å². The average Bonchev–Trinajstić information content (AvgIpc) is 2.39. The van der Waals surface area contributed by atoms with Crippen LogP contribution < -0.4 is 15.3 Å². The molecule has 0 aromatic heterocycles. The summed E-state index contributed by atoms with van der Waals surface area (Å²) in [5.74, 6) is 0.900. The third kappa shape index (κ3) is 3.55. The van der Waals surface area contributed by atoms with Crippen LogP contribution in [-0.2, 0) is 4.74 Å². The highest BCUT2D eigenvalue weighted by Gasteiger charge is 2.03. The van der Waals surface area contributed by atoms with E-state index in [9.17, 15) is 0 Å². The molecule has 3 heteroatoms. The molecule has 0 radical (unpaired) electrons. The molecular formula is C14H15O2P. The normalized spacial score (nSPS) is 10.9. The Bertz CT molecular complexity index is 457. The van der Waals surface area contributed by atoms with Gasteiger partial charge < -0.3 is 9.47 Å². The van der Waals surface area contributed by atoms with Crippen molar-refractivity contribution in [1.29, 1.82) is 0 Å². The molecule has 0 fully saturated rings. The van der Waals surface area contributed by atoms with E-state index < -0.39 is 0 Å². The lowest BCUT2D eigenvalue weighted by atomic mass is 10.3. The Labute approximate surface area is 103 Å². The van der Waals surface area contributed by atoms with Crippen molar-refractivity contribution in [2.75, 3.05) is 13.9 Å². The smallest absolute Gasteiger partial charge is 0.188 e. The zero-order valence-electron chi connectivity index (χ0n) is 9.72. The van der Waals surface area contributed by atoms with E-state index >= 15 is 0 Å². The lowest BCUT2D eigenvalue weighted by Gasteiger charge is -2.10. The molecule has 0 N–H and O–H groups in total. The van der Waals surface area contributed by atoms with Crippen molar-refractivity contribution in [3.05, 3.63) is 54.6 Å². The summed E-state index contributed by atoms with van der Waals surface area (Å²) < 4.78 is 10.5. The predicted molar refractivity (Wildman–Crippen MR) is 73.0 cm³/mol. The van der Waals surface area contributed by atoms with E-state index in [0.717, 1.165) is 5.75 Å². The standard InChI is InChI=1S/C14H15O2P/c1-15-11-16-13-9-5-6-10-14(13)17-12-7-3-2-4-8-12/h2-10,17H,11H2,1H3. The maximum atomic E-state index is 5.54. The molecule has 1 unspecified atom stereocenters. The number of methoxy groups -OCH3 is 1. The summed E-state index contributed by atoms with van der Waals surface area (Å²) in [6.45, 7) is 0.288. The molecule has 2 aromatic carbocycles. The van der Waals surface area contributed by atoms with Crippen molar-refractivity contribution in [3.8, 4) is 5.75 Å². The average molecular weight is 246 g/mol. The van der Waals surface area contributed by atoms with Gasteiger partial charge in [-0.05, 0) is 11.4 Å².